The molecule has 0 aliphatic heterocycles. The minimum atomic E-state index is -2.53. The fourth-order valence-corrected chi connectivity index (χ4v) is 5.70. The Morgan fingerprint density at radius 2 is 1.67 bits per heavy atom. The van der Waals surface area contributed by atoms with Crippen LogP contribution in [-0.2, 0) is 16.8 Å². The molecule has 2 unspecified atom stereocenters. The van der Waals surface area contributed by atoms with Crippen LogP contribution < -0.4 is 0 Å². The maximum Gasteiger partial charge on any atom is 0.159 e. The Labute approximate surface area is 193 Å². The lowest BCUT2D eigenvalue weighted by Crippen LogP contribution is -2.28. The summed E-state index contributed by atoms with van der Waals surface area (Å²) in [5.74, 6) is 0.667. The summed E-state index contributed by atoms with van der Waals surface area (Å²) in [4.78, 5) is 9.20. The summed E-state index contributed by atoms with van der Waals surface area (Å²) in [6.07, 6.45) is 16.4. The zero-order chi connectivity index (χ0) is 23.0. The van der Waals surface area contributed by atoms with Gasteiger partial charge in [-0.05, 0) is 30.9 Å². The van der Waals surface area contributed by atoms with Crippen molar-refractivity contribution in [1.29, 1.82) is 4.78 Å². The standard InChI is InChI=1S/C24H27N7OS/c1-30-15-20(13-28-30)17-5-3-6-18(9-17)24-26-11-19(12-27-24)21-14-29-31(16-21)22-7-4-8-23(10-22)33(2,25)32/h3,5-6,9,11-16,22-23,25H,4,7-8,10H2,1-2H3/t22?,23-,33?/m1/s1. The second kappa shape index (κ2) is 8.55. The molecule has 0 spiro atoms. The van der Waals surface area contributed by atoms with Gasteiger partial charge < -0.3 is 0 Å². The summed E-state index contributed by atoms with van der Waals surface area (Å²) in [7, 11) is -0.625. The first-order valence-corrected chi connectivity index (χ1v) is 13.1. The zero-order valence-electron chi connectivity index (χ0n) is 18.8. The van der Waals surface area contributed by atoms with E-state index in [1.165, 1.54) is 0 Å². The van der Waals surface area contributed by atoms with Crippen LogP contribution in [0.4, 0.5) is 0 Å². The summed E-state index contributed by atoms with van der Waals surface area (Å²) in [6, 6.07) is 8.31. The number of hydrogen-bond acceptors (Lipinski definition) is 6. The molecule has 1 fully saturated rings. The van der Waals surface area contributed by atoms with Crippen LogP contribution in [-0.4, -0.2) is 45.2 Å². The van der Waals surface area contributed by atoms with Gasteiger partial charge in [-0.15, -0.1) is 0 Å². The average molecular weight is 462 g/mol. The van der Waals surface area contributed by atoms with Crippen LogP contribution in [0.5, 0.6) is 0 Å². The molecular formula is C24H27N7OS. The summed E-state index contributed by atoms with van der Waals surface area (Å²) in [6.45, 7) is 0. The van der Waals surface area contributed by atoms with Crippen LogP contribution in [0.2, 0.25) is 0 Å². The van der Waals surface area contributed by atoms with Crippen LogP contribution in [0, 0.1) is 4.78 Å². The van der Waals surface area contributed by atoms with Crippen molar-refractivity contribution in [2.45, 2.75) is 37.0 Å². The Kier molecular flexibility index (Phi) is 5.57. The van der Waals surface area contributed by atoms with Gasteiger partial charge in [-0.1, -0.05) is 24.6 Å². The highest BCUT2D eigenvalue weighted by Gasteiger charge is 2.28. The van der Waals surface area contributed by atoms with E-state index in [0.717, 1.165) is 53.5 Å². The lowest BCUT2D eigenvalue weighted by atomic mass is 9.95. The van der Waals surface area contributed by atoms with Gasteiger partial charge in [0.15, 0.2) is 5.82 Å². The fraction of sp³-hybridized carbons (Fsp3) is 0.333. The number of nitrogens with one attached hydrogen (secondary N) is 1. The number of hydrogen-bond donors (Lipinski definition) is 1. The van der Waals surface area contributed by atoms with Gasteiger partial charge in [0.1, 0.15) is 0 Å². The first-order chi connectivity index (χ1) is 15.9. The van der Waals surface area contributed by atoms with Gasteiger partial charge in [-0.2, -0.15) is 10.2 Å². The molecule has 4 aromatic rings. The molecule has 3 aromatic heterocycles. The Bertz CT molecular complexity index is 1370. The van der Waals surface area contributed by atoms with Gasteiger partial charge in [0, 0.05) is 75.3 Å². The van der Waals surface area contributed by atoms with E-state index in [0.29, 0.717) is 5.82 Å². The first-order valence-electron chi connectivity index (χ1n) is 11.1. The number of rotatable bonds is 5. The van der Waals surface area contributed by atoms with Crippen LogP contribution in [0.3, 0.4) is 0 Å². The molecule has 0 bridgehead atoms. The van der Waals surface area contributed by atoms with Crippen molar-refractivity contribution in [3.63, 3.8) is 0 Å². The smallest absolute Gasteiger partial charge is 0.159 e. The highest BCUT2D eigenvalue weighted by molar-refractivity contribution is 7.92. The van der Waals surface area contributed by atoms with Crippen molar-refractivity contribution < 1.29 is 4.21 Å². The predicted molar refractivity (Wildman–Crippen MR) is 129 cm³/mol. The quantitative estimate of drug-likeness (QED) is 0.469. The van der Waals surface area contributed by atoms with E-state index in [-0.39, 0.29) is 11.3 Å². The highest BCUT2D eigenvalue weighted by Crippen LogP contribution is 2.33. The molecule has 0 radical (unpaired) electrons. The van der Waals surface area contributed by atoms with E-state index in [9.17, 15) is 4.21 Å². The van der Waals surface area contributed by atoms with Crippen LogP contribution in [0.1, 0.15) is 31.7 Å². The molecule has 1 N–H and O–H groups in total. The van der Waals surface area contributed by atoms with Gasteiger partial charge in [-0.25, -0.2) is 14.2 Å². The molecule has 1 aliphatic rings. The average Bonchev–Trinajstić information content (AvgIpc) is 3.49. The van der Waals surface area contributed by atoms with Crippen molar-refractivity contribution in [3.05, 3.63) is 61.4 Å². The Morgan fingerprint density at radius 1 is 0.939 bits per heavy atom. The molecule has 1 aromatic carbocycles. The Balaban J connectivity index is 1.34. The summed E-state index contributed by atoms with van der Waals surface area (Å²) in [5.41, 5.74) is 4.93. The minimum absolute atomic E-state index is 0.0612. The molecule has 5 rings (SSSR count). The van der Waals surface area contributed by atoms with E-state index in [2.05, 4.69) is 32.3 Å². The third-order valence-electron chi connectivity index (χ3n) is 6.35. The molecule has 3 heterocycles. The fourth-order valence-electron chi connectivity index (χ4n) is 4.49. The SMILES string of the molecule is Cn1cc(-c2cccc(-c3ncc(-c4cnn(C5CCC[C@@H](S(C)(=N)=O)C5)c4)cn3)c2)cn1. The minimum Gasteiger partial charge on any atom is -0.275 e. The van der Waals surface area contributed by atoms with E-state index in [1.807, 2.05) is 61.0 Å². The van der Waals surface area contributed by atoms with Crippen molar-refractivity contribution in [2.75, 3.05) is 6.26 Å². The molecule has 9 heteroatoms. The van der Waals surface area contributed by atoms with Gasteiger partial charge in [0.2, 0.25) is 0 Å². The van der Waals surface area contributed by atoms with Gasteiger partial charge >= 0.3 is 0 Å². The predicted octanol–water partition coefficient (Wildman–Crippen LogP) is 4.57. The molecule has 0 amide bonds. The molecule has 3 atom stereocenters. The topological polar surface area (TPSA) is 102 Å². The zero-order valence-corrected chi connectivity index (χ0v) is 19.6. The van der Waals surface area contributed by atoms with Gasteiger partial charge in [0.25, 0.3) is 0 Å². The number of aryl methyl sites for hydroxylation is 1. The molecule has 0 saturated heterocycles. The van der Waals surface area contributed by atoms with Gasteiger partial charge in [0.05, 0.1) is 18.4 Å². The Morgan fingerprint density at radius 3 is 2.39 bits per heavy atom. The van der Waals surface area contributed by atoms with Crippen molar-refractivity contribution in [2.24, 2.45) is 7.05 Å². The molecular weight excluding hydrogens is 434 g/mol. The molecule has 8 nitrogen and oxygen atoms in total. The number of benzene rings is 1. The molecule has 1 aliphatic carbocycles. The highest BCUT2D eigenvalue weighted by atomic mass is 32.2. The normalized spacial score (nSPS) is 20.4. The van der Waals surface area contributed by atoms with E-state index >= 15 is 0 Å². The third-order valence-corrected chi connectivity index (χ3v) is 8.05. The second-order valence-corrected chi connectivity index (χ2v) is 11.3. The van der Waals surface area contributed by atoms with E-state index in [1.54, 1.807) is 10.9 Å². The van der Waals surface area contributed by atoms with Crippen molar-refractivity contribution in [1.82, 2.24) is 29.5 Å². The van der Waals surface area contributed by atoms with Crippen LogP contribution >= 0.6 is 0 Å². The molecule has 170 valence electrons. The number of nitrogens with zero attached hydrogens (tertiary/aromatic N) is 6. The summed E-state index contributed by atoms with van der Waals surface area (Å²) < 4.78 is 23.9. The second-order valence-electron chi connectivity index (χ2n) is 8.83. The third kappa shape index (κ3) is 4.59. The maximum atomic E-state index is 12.2. The van der Waals surface area contributed by atoms with Gasteiger partial charge in [-0.3, -0.25) is 14.1 Å². The summed E-state index contributed by atoms with van der Waals surface area (Å²) >= 11 is 0. The summed E-state index contributed by atoms with van der Waals surface area (Å²) in [5, 5.41) is 8.74. The maximum absolute atomic E-state index is 12.2. The van der Waals surface area contributed by atoms with E-state index < -0.39 is 9.73 Å². The largest absolute Gasteiger partial charge is 0.275 e. The monoisotopic (exact) mass is 461 g/mol. The number of aromatic nitrogens is 6. The lowest BCUT2D eigenvalue weighted by molar-refractivity contribution is 0.332. The molecule has 1 saturated carbocycles. The van der Waals surface area contributed by atoms with E-state index in [4.69, 9.17) is 4.78 Å². The van der Waals surface area contributed by atoms with Crippen molar-refractivity contribution in [3.8, 4) is 33.6 Å². The first kappa shape index (κ1) is 21.5. The lowest BCUT2D eigenvalue weighted by Gasteiger charge is -2.29. The Hall–Kier alpha value is -3.33. The van der Waals surface area contributed by atoms with Crippen LogP contribution in [0.25, 0.3) is 33.6 Å². The van der Waals surface area contributed by atoms with Crippen LogP contribution in [0.15, 0.2) is 61.4 Å². The van der Waals surface area contributed by atoms with Crippen molar-refractivity contribution >= 4 is 9.73 Å². The molecule has 33 heavy (non-hydrogen) atoms.